The highest BCUT2D eigenvalue weighted by molar-refractivity contribution is 4.61. The fourth-order valence-electron chi connectivity index (χ4n) is 1.08. The predicted molar refractivity (Wildman–Crippen MR) is 45.5 cm³/mol. The van der Waals surface area contributed by atoms with E-state index < -0.39 is 0 Å². The Morgan fingerprint density at radius 1 is 1.09 bits per heavy atom. The lowest BCUT2D eigenvalue weighted by Crippen LogP contribution is -2.35. The SMILES string of the molecule is CCN(CC(C)O)CC(C)O. The molecule has 0 radical (unpaired) electrons. The summed E-state index contributed by atoms with van der Waals surface area (Å²) in [6.45, 7) is 7.68. The second kappa shape index (κ2) is 5.52. The van der Waals surface area contributed by atoms with Crippen molar-refractivity contribution in [3.8, 4) is 0 Å². The van der Waals surface area contributed by atoms with Gasteiger partial charge in [-0.25, -0.2) is 0 Å². The highest BCUT2D eigenvalue weighted by Crippen LogP contribution is 1.94. The number of nitrogens with zero attached hydrogens (tertiary/aromatic N) is 1. The van der Waals surface area contributed by atoms with Crippen molar-refractivity contribution in [3.63, 3.8) is 0 Å². The van der Waals surface area contributed by atoms with Crippen LogP contribution in [-0.2, 0) is 0 Å². The summed E-state index contributed by atoms with van der Waals surface area (Å²) in [6.07, 6.45) is -0.623. The zero-order chi connectivity index (χ0) is 8.85. The summed E-state index contributed by atoms with van der Waals surface area (Å²) >= 11 is 0. The van der Waals surface area contributed by atoms with E-state index in [2.05, 4.69) is 0 Å². The molecule has 2 N–H and O–H groups in total. The predicted octanol–water partition coefficient (Wildman–Crippen LogP) is 0.0699. The molecule has 2 unspecified atom stereocenters. The molecule has 0 saturated carbocycles. The summed E-state index contributed by atoms with van der Waals surface area (Å²) in [5, 5.41) is 18.1. The molecule has 2 atom stereocenters. The minimum atomic E-state index is -0.311. The van der Waals surface area contributed by atoms with Crippen molar-refractivity contribution in [2.45, 2.75) is 33.0 Å². The van der Waals surface area contributed by atoms with E-state index in [1.165, 1.54) is 0 Å². The zero-order valence-corrected chi connectivity index (χ0v) is 7.62. The molecular weight excluding hydrogens is 142 g/mol. The van der Waals surface area contributed by atoms with Crippen LogP contribution in [0.3, 0.4) is 0 Å². The molecule has 0 saturated heterocycles. The van der Waals surface area contributed by atoms with Crippen molar-refractivity contribution >= 4 is 0 Å². The van der Waals surface area contributed by atoms with Gasteiger partial charge in [-0.05, 0) is 20.4 Å². The molecule has 0 rings (SSSR count). The molecule has 0 aromatic rings. The molecule has 3 nitrogen and oxygen atoms in total. The van der Waals surface area contributed by atoms with E-state index >= 15 is 0 Å². The molecule has 3 heteroatoms. The molecule has 0 aliphatic heterocycles. The van der Waals surface area contributed by atoms with Gasteiger partial charge in [-0.1, -0.05) is 6.92 Å². The topological polar surface area (TPSA) is 43.7 Å². The van der Waals surface area contributed by atoms with Gasteiger partial charge in [0.1, 0.15) is 0 Å². The van der Waals surface area contributed by atoms with Crippen LogP contribution in [0.4, 0.5) is 0 Å². The first-order chi connectivity index (χ1) is 5.06. The van der Waals surface area contributed by atoms with Crippen LogP contribution in [-0.4, -0.2) is 47.0 Å². The smallest absolute Gasteiger partial charge is 0.0639 e. The highest BCUT2D eigenvalue weighted by atomic mass is 16.3. The molecule has 0 bridgehead atoms. The van der Waals surface area contributed by atoms with Crippen LogP contribution < -0.4 is 0 Å². The summed E-state index contributed by atoms with van der Waals surface area (Å²) in [5.41, 5.74) is 0. The molecule has 0 aromatic carbocycles. The van der Waals surface area contributed by atoms with Crippen LogP contribution in [0.5, 0.6) is 0 Å². The van der Waals surface area contributed by atoms with E-state index in [0.717, 1.165) is 6.54 Å². The average Bonchev–Trinajstić information content (AvgIpc) is 1.84. The fraction of sp³-hybridized carbons (Fsp3) is 1.00. The van der Waals surface area contributed by atoms with E-state index in [1.54, 1.807) is 13.8 Å². The lowest BCUT2D eigenvalue weighted by atomic mass is 10.3. The van der Waals surface area contributed by atoms with Gasteiger partial charge in [-0.15, -0.1) is 0 Å². The van der Waals surface area contributed by atoms with Crippen molar-refractivity contribution in [2.75, 3.05) is 19.6 Å². The summed E-state index contributed by atoms with van der Waals surface area (Å²) < 4.78 is 0. The van der Waals surface area contributed by atoms with Gasteiger partial charge in [0.25, 0.3) is 0 Å². The number of rotatable bonds is 5. The number of likely N-dealkylation sites (N-methyl/N-ethyl adjacent to an activating group) is 1. The number of hydrogen-bond donors (Lipinski definition) is 2. The van der Waals surface area contributed by atoms with Crippen LogP contribution in [0.1, 0.15) is 20.8 Å². The minimum absolute atomic E-state index is 0.311. The number of hydrogen-bond acceptors (Lipinski definition) is 3. The van der Waals surface area contributed by atoms with Crippen LogP contribution in [0.15, 0.2) is 0 Å². The third-order valence-corrected chi connectivity index (χ3v) is 1.49. The van der Waals surface area contributed by atoms with Gasteiger partial charge in [-0.3, -0.25) is 4.90 Å². The zero-order valence-electron chi connectivity index (χ0n) is 7.62. The first-order valence-electron chi connectivity index (χ1n) is 4.14. The molecular formula is C8H19NO2. The Kier molecular flexibility index (Phi) is 5.46. The third kappa shape index (κ3) is 6.28. The van der Waals surface area contributed by atoms with Gasteiger partial charge in [-0.2, -0.15) is 0 Å². The first-order valence-corrected chi connectivity index (χ1v) is 4.14. The highest BCUT2D eigenvalue weighted by Gasteiger charge is 2.07. The monoisotopic (exact) mass is 161 g/mol. The van der Waals surface area contributed by atoms with E-state index in [-0.39, 0.29) is 12.2 Å². The Morgan fingerprint density at radius 3 is 1.64 bits per heavy atom. The van der Waals surface area contributed by atoms with Crippen molar-refractivity contribution in [1.29, 1.82) is 0 Å². The molecule has 0 aliphatic rings. The van der Waals surface area contributed by atoms with Gasteiger partial charge >= 0.3 is 0 Å². The molecule has 11 heavy (non-hydrogen) atoms. The molecule has 0 fully saturated rings. The second-order valence-electron chi connectivity index (χ2n) is 3.05. The largest absolute Gasteiger partial charge is 0.392 e. The van der Waals surface area contributed by atoms with Gasteiger partial charge in [0.05, 0.1) is 12.2 Å². The fourth-order valence-corrected chi connectivity index (χ4v) is 1.08. The molecule has 0 amide bonds. The van der Waals surface area contributed by atoms with Gasteiger partial charge < -0.3 is 10.2 Å². The second-order valence-corrected chi connectivity index (χ2v) is 3.05. The van der Waals surface area contributed by atoms with Crippen LogP contribution >= 0.6 is 0 Å². The van der Waals surface area contributed by atoms with Crippen LogP contribution in [0, 0.1) is 0 Å². The average molecular weight is 161 g/mol. The molecule has 0 heterocycles. The van der Waals surface area contributed by atoms with Gasteiger partial charge in [0.15, 0.2) is 0 Å². The summed E-state index contributed by atoms with van der Waals surface area (Å²) in [5.74, 6) is 0. The summed E-state index contributed by atoms with van der Waals surface area (Å²) in [4.78, 5) is 2.02. The lowest BCUT2D eigenvalue weighted by Gasteiger charge is -2.22. The summed E-state index contributed by atoms with van der Waals surface area (Å²) in [6, 6.07) is 0. The first kappa shape index (κ1) is 10.9. The maximum absolute atomic E-state index is 9.04. The maximum Gasteiger partial charge on any atom is 0.0639 e. The molecule has 68 valence electrons. The van der Waals surface area contributed by atoms with E-state index in [0.29, 0.717) is 13.1 Å². The number of aliphatic hydroxyl groups excluding tert-OH is 2. The molecule has 0 aliphatic carbocycles. The Bertz CT molecular complexity index is 84.1. The van der Waals surface area contributed by atoms with Crippen molar-refractivity contribution < 1.29 is 10.2 Å². The van der Waals surface area contributed by atoms with E-state index in [9.17, 15) is 0 Å². The van der Waals surface area contributed by atoms with E-state index in [4.69, 9.17) is 10.2 Å². The lowest BCUT2D eigenvalue weighted by molar-refractivity contribution is 0.0869. The molecule has 0 spiro atoms. The summed E-state index contributed by atoms with van der Waals surface area (Å²) in [7, 11) is 0. The third-order valence-electron chi connectivity index (χ3n) is 1.49. The number of aliphatic hydroxyl groups is 2. The Labute approximate surface area is 68.6 Å². The minimum Gasteiger partial charge on any atom is -0.392 e. The Morgan fingerprint density at radius 2 is 1.45 bits per heavy atom. The Balaban J connectivity index is 3.58. The Hall–Kier alpha value is -0.120. The maximum atomic E-state index is 9.04. The van der Waals surface area contributed by atoms with Crippen LogP contribution in [0.2, 0.25) is 0 Å². The van der Waals surface area contributed by atoms with Crippen molar-refractivity contribution in [2.24, 2.45) is 0 Å². The quantitative estimate of drug-likeness (QED) is 0.599. The van der Waals surface area contributed by atoms with Gasteiger partial charge in [0.2, 0.25) is 0 Å². The van der Waals surface area contributed by atoms with Crippen molar-refractivity contribution in [1.82, 2.24) is 4.90 Å². The van der Waals surface area contributed by atoms with Gasteiger partial charge in [0, 0.05) is 13.1 Å². The van der Waals surface area contributed by atoms with E-state index in [1.807, 2.05) is 11.8 Å². The van der Waals surface area contributed by atoms with Crippen molar-refractivity contribution in [3.05, 3.63) is 0 Å². The van der Waals surface area contributed by atoms with Crippen LogP contribution in [0.25, 0.3) is 0 Å². The molecule has 0 aromatic heterocycles. The normalized spacial score (nSPS) is 16.9. The standard InChI is InChI=1S/C8H19NO2/c1-4-9(5-7(2)10)6-8(3)11/h7-8,10-11H,4-6H2,1-3H3.